The van der Waals surface area contributed by atoms with Crippen LogP contribution in [0.3, 0.4) is 0 Å². The van der Waals surface area contributed by atoms with E-state index in [1.807, 2.05) is 6.07 Å². The first-order chi connectivity index (χ1) is 12.7. The number of fused-ring (bicyclic) bond motifs is 2. The number of rotatable bonds is 3. The molecule has 6 nitrogen and oxygen atoms in total. The zero-order chi connectivity index (χ0) is 19.3. The zero-order valence-corrected chi connectivity index (χ0v) is 17.5. The number of anilines is 1. The third-order valence-corrected chi connectivity index (χ3v) is 6.60. The quantitative estimate of drug-likeness (QED) is 0.573. The van der Waals surface area contributed by atoms with Crippen LogP contribution in [0.1, 0.15) is 12.0 Å². The SMILES string of the molecule is CS(=O)(=O)c1ccc2c(c1)CCCN2Cn1nc2c(Cl)cc(Cl)cn2c1=S. The molecule has 0 atom stereocenters. The smallest absolute Gasteiger partial charge is 0.204 e. The minimum atomic E-state index is -3.23. The molecule has 0 saturated carbocycles. The molecule has 0 aliphatic carbocycles. The van der Waals surface area contributed by atoms with Crippen LogP contribution >= 0.6 is 35.4 Å². The number of hydrogen-bond donors (Lipinski definition) is 0. The molecule has 3 aromatic rings. The number of sulfone groups is 1. The van der Waals surface area contributed by atoms with E-state index in [-0.39, 0.29) is 0 Å². The average Bonchev–Trinajstić information content (AvgIpc) is 2.91. The number of halogens is 2. The van der Waals surface area contributed by atoms with Crippen molar-refractivity contribution >= 4 is 56.6 Å². The predicted octanol–water partition coefficient (Wildman–Crippen LogP) is 3.99. The number of hydrogen-bond acceptors (Lipinski definition) is 5. The molecule has 0 bridgehead atoms. The van der Waals surface area contributed by atoms with Gasteiger partial charge in [-0.1, -0.05) is 23.2 Å². The van der Waals surface area contributed by atoms with Gasteiger partial charge >= 0.3 is 0 Å². The summed E-state index contributed by atoms with van der Waals surface area (Å²) in [6, 6.07) is 6.89. The van der Waals surface area contributed by atoms with Crippen LogP contribution in [0, 0.1) is 4.77 Å². The lowest BCUT2D eigenvalue weighted by Crippen LogP contribution is -2.32. The topological polar surface area (TPSA) is 59.6 Å². The molecule has 2 aromatic heterocycles. The maximum absolute atomic E-state index is 11.8. The van der Waals surface area contributed by atoms with Crippen LogP contribution in [0.15, 0.2) is 35.4 Å². The minimum absolute atomic E-state index is 0.342. The number of benzene rings is 1. The van der Waals surface area contributed by atoms with E-state index in [1.165, 1.54) is 6.26 Å². The van der Waals surface area contributed by atoms with Crippen molar-refractivity contribution < 1.29 is 8.42 Å². The fraction of sp³-hybridized carbons (Fsp3) is 0.294. The van der Waals surface area contributed by atoms with Crippen molar-refractivity contribution in [3.63, 3.8) is 0 Å². The van der Waals surface area contributed by atoms with Gasteiger partial charge in [0.2, 0.25) is 4.77 Å². The second-order valence-corrected chi connectivity index (χ2v) is 9.78. The maximum Gasteiger partial charge on any atom is 0.204 e. The summed E-state index contributed by atoms with van der Waals surface area (Å²) in [5, 5.41) is 5.44. The molecule has 3 heterocycles. The van der Waals surface area contributed by atoms with Crippen LogP contribution in [-0.2, 0) is 22.9 Å². The summed E-state index contributed by atoms with van der Waals surface area (Å²) >= 11 is 17.8. The summed E-state index contributed by atoms with van der Waals surface area (Å²) < 4.78 is 27.5. The molecule has 0 radical (unpaired) electrons. The number of aryl methyl sites for hydroxylation is 1. The van der Waals surface area contributed by atoms with Gasteiger partial charge in [0.1, 0.15) is 6.67 Å². The molecule has 0 unspecified atom stereocenters. The average molecular weight is 443 g/mol. The third kappa shape index (κ3) is 3.47. The molecule has 1 aliphatic heterocycles. The lowest BCUT2D eigenvalue weighted by molar-refractivity contribution is 0.547. The van der Waals surface area contributed by atoms with E-state index in [1.54, 1.807) is 33.5 Å². The second kappa shape index (κ2) is 6.77. The van der Waals surface area contributed by atoms with Gasteiger partial charge in [0.25, 0.3) is 0 Å². The standard InChI is InChI=1S/C17H16Cl2N4O2S2/c1-27(24,25)13-4-5-15-11(7-13)3-2-6-21(15)10-23-17(26)22-9-12(18)8-14(19)16(22)20-23/h4-5,7-9H,2-3,6,10H2,1H3. The third-order valence-electron chi connectivity index (χ3n) is 4.60. The molecular formula is C17H16Cl2N4O2S2. The van der Waals surface area contributed by atoms with E-state index in [0.29, 0.717) is 32.0 Å². The highest BCUT2D eigenvalue weighted by Crippen LogP contribution is 2.30. The first kappa shape index (κ1) is 18.7. The van der Waals surface area contributed by atoms with Crippen molar-refractivity contribution in [1.82, 2.24) is 14.2 Å². The van der Waals surface area contributed by atoms with Gasteiger partial charge in [0.15, 0.2) is 15.5 Å². The molecular weight excluding hydrogens is 427 g/mol. The summed E-state index contributed by atoms with van der Waals surface area (Å²) in [6.45, 7) is 1.27. The highest BCUT2D eigenvalue weighted by Gasteiger charge is 2.20. The van der Waals surface area contributed by atoms with Crippen molar-refractivity contribution in [2.75, 3.05) is 17.7 Å². The Balaban J connectivity index is 1.73. The summed E-state index contributed by atoms with van der Waals surface area (Å²) in [7, 11) is -3.23. The van der Waals surface area contributed by atoms with Crippen LogP contribution in [0.5, 0.6) is 0 Å². The lowest BCUT2D eigenvalue weighted by Gasteiger charge is -2.31. The van der Waals surface area contributed by atoms with Crippen molar-refractivity contribution in [3.8, 4) is 0 Å². The summed E-state index contributed by atoms with van der Waals surface area (Å²) in [5.74, 6) is 0. The minimum Gasteiger partial charge on any atom is -0.352 e. The number of aromatic nitrogens is 3. The van der Waals surface area contributed by atoms with Crippen LogP contribution in [-0.4, -0.2) is 35.4 Å². The van der Waals surface area contributed by atoms with Gasteiger partial charge in [0.05, 0.1) is 14.9 Å². The normalized spacial score (nSPS) is 14.6. The molecule has 0 saturated heterocycles. The molecule has 0 spiro atoms. The van der Waals surface area contributed by atoms with E-state index in [9.17, 15) is 8.42 Å². The highest BCUT2D eigenvalue weighted by molar-refractivity contribution is 7.90. The molecule has 142 valence electrons. The second-order valence-electron chi connectivity index (χ2n) is 6.55. The zero-order valence-electron chi connectivity index (χ0n) is 14.4. The van der Waals surface area contributed by atoms with Gasteiger partial charge in [-0.2, -0.15) is 0 Å². The van der Waals surface area contributed by atoms with Gasteiger partial charge in [-0.25, -0.2) is 13.1 Å². The summed E-state index contributed by atoms with van der Waals surface area (Å²) in [5.41, 5.74) is 2.56. The Morgan fingerprint density at radius 3 is 2.78 bits per heavy atom. The van der Waals surface area contributed by atoms with E-state index in [4.69, 9.17) is 35.4 Å². The van der Waals surface area contributed by atoms with Gasteiger partial charge in [-0.05, 0) is 54.9 Å². The van der Waals surface area contributed by atoms with Crippen molar-refractivity contribution in [1.29, 1.82) is 0 Å². The van der Waals surface area contributed by atoms with E-state index in [2.05, 4.69) is 10.00 Å². The molecule has 10 heteroatoms. The Morgan fingerprint density at radius 2 is 2.04 bits per heavy atom. The van der Waals surface area contributed by atoms with Gasteiger partial charge in [-0.3, -0.25) is 4.40 Å². The predicted molar refractivity (Wildman–Crippen MR) is 109 cm³/mol. The first-order valence-electron chi connectivity index (χ1n) is 8.26. The lowest BCUT2D eigenvalue weighted by atomic mass is 10.0. The van der Waals surface area contributed by atoms with Crippen LogP contribution in [0.2, 0.25) is 10.0 Å². The maximum atomic E-state index is 11.8. The van der Waals surface area contributed by atoms with E-state index < -0.39 is 9.84 Å². The largest absolute Gasteiger partial charge is 0.352 e. The fourth-order valence-electron chi connectivity index (χ4n) is 3.33. The van der Waals surface area contributed by atoms with E-state index >= 15 is 0 Å². The molecule has 0 amide bonds. The van der Waals surface area contributed by atoms with E-state index in [0.717, 1.165) is 30.6 Å². The Hall–Kier alpha value is -1.61. The van der Waals surface area contributed by atoms with Gasteiger partial charge < -0.3 is 4.90 Å². The molecule has 1 aliphatic rings. The molecule has 0 fully saturated rings. The first-order valence-corrected chi connectivity index (χ1v) is 11.3. The van der Waals surface area contributed by atoms with Gasteiger partial charge in [0, 0.05) is 24.7 Å². The Bertz CT molecular complexity index is 1220. The highest BCUT2D eigenvalue weighted by atomic mass is 35.5. The van der Waals surface area contributed by atoms with Crippen LogP contribution < -0.4 is 4.90 Å². The Morgan fingerprint density at radius 1 is 1.26 bits per heavy atom. The Kier molecular flexibility index (Phi) is 4.70. The molecule has 0 N–H and O–H groups in total. The fourth-order valence-corrected chi connectivity index (χ4v) is 4.75. The monoisotopic (exact) mass is 442 g/mol. The van der Waals surface area contributed by atoms with Crippen molar-refractivity contribution in [2.24, 2.45) is 0 Å². The van der Waals surface area contributed by atoms with Crippen molar-refractivity contribution in [2.45, 2.75) is 24.4 Å². The molecule has 1 aromatic carbocycles. The van der Waals surface area contributed by atoms with Gasteiger partial charge in [-0.15, -0.1) is 5.10 Å². The Labute approximate surface area is 171 Å². The molecule has 4 rings (SSSR count). The number of nitrogens with zero attached hydrogens (tertiary/aromatic N) is 4. The molecule has 27 heavy (non-hydrogen) atoms. The van der Waals surface area contributed by atoms with Crippen LogP contribution in [0.25, 0.3) is 5.65 Å². The number of pyridine rings is 1. The van der Waals surface area contributed by atoms with Crippen molar-refractivity contribution in [3.05, 3.63) is 50.8 Å². The summed E-state index contributed by atoms with van der Waals surface area (Å²) in [4.78, 5) is 2.48. The van der Waals surface area contributed by atoms with Crippen LogP contribution in [0.4, 0.5) is 5.69 Å². The summed E-state index contributed by atoms with van der Waals surface area (Å²) in [6.07, 6.45) is 4.68.